The average Bonchev–Trinajstić information content (AvgIpc) is 2.69. The van der Waals surface area contributed by atoms with Crippen LogP contribution in [0.5, 0.6) is 0 Å². The number of nitrogens with zero attached hydrogens (tertiary/aromatic N) is 4. The molecule has 3 rings (SSSR count). The van der Waals surface area contributed by atoms with Crippen molar-refractivity contribution in [3.63, 3.8) is 0 Å². The van der Waals surface area contributed by atoms with E-state index in [1.54, 1.807) is 48.4 Å². The Morgan fingerprint density at radius 2 is 1.81 bits per heavy atom. The van der Waals surface area contributed by atoms with Crippen LogP contribution in [0.4, 0.5) is 11.6 Å². The lowest BCUT2D eigenvalue weighted by Gasteiger charge is -2.32. The van der Waals surface area contributed by atoms with Gasteiger partial charge in [-0.3, -0.25) is 4.79 Å². The summed E-state index contributed by atoms with van der Waals surface area (Å²) < 4.78 is 4.96. The molecular weight excluding hydrogens is 346 g/mol. The van der Waals surface area contributed by atoms with E-state index in [1.807, 2.05) is 7.05 Å². The molecule has 2 heterocycles. The Bertz CT molecular complexity index is 801. The van der Waals surface area contributed by atoms with Gasteiger partial charge in [0.2, 0.25) is 5.95 Å². The van der Waals surface area contributed by atoms with Crippen molar-refractivity contribution in [3.8, 4) is 0 Å². The number of piperazine rings is 1. The van der Waals surface area contributed by atoms with Crippen molar-refractivity contribution in [2.75, 3.05) is 45.2 Å². The van der Waals surface area contributed by atoms with Crippen LogP contribution in [0, 0.1) is 0 Å². The zero-order chi connectivity index (χ0) is 19.2. The number of likely N-dealkylation sites (N-methyl/N-ethyl adjacent to an activating group) is 1. The highest BCUT2D eigenvalue weighted by molar-refractivity contribution is 5.92. The number of rotatable bonds is 5. The molecule has 1 amide bonds. The van der Waals surface area contributed by atoms with Crippen LogP contribution in [-0.2, 0) is 4.74 Å². The summed E-state index contributed by atoms with van der Waals surface area (Å²) in [6.45, 7) is 5.20. The fourth-order valence-corrected chi connectivity index (χ4v) is 2.74. The Morgan fingerprint density at radius 1 is 1.11 bits per heavy atom. The molecular formula is C19H23N5O3. The minimum Gasteiger partial charge on any atom is -0.462 e. The van der Waals surface area contributed by atoms with Gasteiger partial charge >= 0.3 is 5.97 Å². The SMILES string of the molecule is CCOC(=O)c1ccc(Nc2nccc(C(=O)N3CCN(C)CC3)n2)cc1. The summed E-state index contributed by atoms with van der Waals surface area (Å²) in [6, 6.07) is 8.43. The number of carbonyl (C=O) groups excluding carboxylic acids is 2. The van der Waals surface area contributed by atoms with Gasteiger partial charge in [-0.1, -0.05) is 0 Å². The maximum Gasteiger partial charge on any atom is 0.338 e. The van der Waals surface area contributed by atoms with Gasteiger partial charge in [0.15, 0.2) is 0 Å². The van der Waals surface area contributed by atoms with Gasteiger partial charge in [0, 0.05) is 38.1 Å². The van der Waals surface area contributed by atoms with E-state index in [0.717, 1.165) is 13.1 Å². The van der Waals surface area contributed by atoms with Crippen LogP contribution in [-0.4, -0.2) is 71.5 Å². The van der Waals surface area contributed by atoms with Gasteiger partial charge in [0.05, 0.1) is 12.2 Å². The summed E-state index contributed by atoms with van der Waals surface area (Å²) in [7, 11) is 2.04. The summed E-state index contributed by atoms with van der Waals surface area (Å²) in [4.78, 5) is 36.8. The van der Waals surface area contributed by atoms with Crippen molar-refractivity contribution in [3.05, 3.63) is 47.8 Å². The summed E-state index contributed by atoms with van der Waals surface area (Å²) in [5.74, 6) is -0.120. The van der Waals surface area contributed by atoms with Gasteiger partial charge in [-0.2, -0.15) is 0 Å². The van der Waals surface area contributed by atoms with Gasteiger partial charge in [0.1, 0.15) is 5.69 Å². The number of carbonyl (C=O) groups is 2. The number of anilines is 2. The summed E-state index contributed by atoms with van der Waals surface area (Å²) in [6.07, 6.45) is 1.56. The van der Waals surface area contributed by atoms with Gasteiger partial charge in [-0.05, 0) is 44.3 Å². The highest BCUT2D eigenvalue weighted by atomic mass is 16.5. The number of hydrogen-bond donors (Lipinski definition) is 1. The molecule has 0 spiro atoms. The summed E-state index contributed by atoms with van der Waals surface area (Å²) >= 11 is 0. The predicted octanol–water partition coefficient (Wildman–Crippen LogP) is 1.78. The third kappa shape index (κ3) is 4.79. The normalized spacial score (nSPS) is 14.7. The molecule has 0 radical (unpaired) electrons. The first-order valence-electron chi connectivity index (χ1n) is 8.92. The Hall–Kier alpha value is -3.00. The molecule has 1 saturated heterocycles. The maximum absolute atomic E-state index is 12.6. The Labute approximate surface area is 158 Å². The average molecular weight is 369 g/mol. The lowest BCUT2D eigenvalue weighted by atomic mass is 10.2. The van der Waals surface area contributed by atoms with Crippen LogP contribution in [0.15, 0.2) is 36.5 Å². The lowest BCUT2D eigenvalue weighted by molar-refractivity contribution is 0.0526. The minimum atomic E-state index is -0.361. The maximum atomic E-state index is 12.6. The minimum absolute atomic E-state index is 0.0915. The standard InChI is InChI=1S/C19H23N5O3/c1-3-27-18(26)14-4-6-15(7-5-14)21-19-20-9-8-16(22-19)17(25)24-12-10-23(2)11-13-24/h4-9H,3,10-13H2,1-2H3,(H,20,21,22). The van der Waals surface area contributed by atoms with Crippen LogP contribution in [0.1, 0.15) is 27.8 Å². The molecule has 142 valence electrons. The first kappa shape index (κ1) is 18.8. The van der Waals surface area contributed by atoms with E-state index in [4.69, 9.17) is 4.74 Å². The smallest absolute Gasteiger partial charge is 0.338 e. The van der Waals surface area contributed by atoms with Crippen LogP contribution in [0.2, 0.25) is 0 Å². The van der Waals surface area contributed by atoms with Gasteiger partial charge in [0.25, 0.3) is 5.91 Å². The second-order valence-corrected chi connectivity index (χ2v) is 6.28. The highest BCUT2D eigenvalue weighted by Gasteiger charge is 2.21. The fourth-order valence-electron chi connectivity index (χ4n) is 2.74. The molecule has 8 nitrogen and oxygen atoms in total. The first-order chi connectivity index (χ1) is 13.1. The molecule has 27 heavy (non-hydrogen) atoms. The predicted molar refractivity (Wildman–Crippen MR) is 101 cm³/mol. The zero-order valence-corrected chi connectivity index (χ0v) is 15.5. The Balaban J connectivity index is 1.67. The van der Waals surface area contributed by atoms with Crippen LogP contribution in [0.25, 0.3) is 0 Å². The van der Waals surface area contributed by atoms with E-state index in [1.165, 1.54) is 0 Å². The van der Waals surface area contributed by atoms with E-state index in [2.05, 4.69) is 20.2 Å². The molecule has 0 aliphatic carbocycles. The first-order valence-corrected chi connectivity index (χ1v) is 8.92. The van der Waals surface area contributed by atoms with Gasteiger partial charge in [-0.15, -0.1) is 0 Å². The van der Waals surface area contributed by atoms with Crippen LogP contribution >= 0.6 is 0 Å². The number of amides is 1. The van der Waals surface area contributed by atoms with Crippen LogP contribution < -0.4 is 5.32 Å². The van der Waals surface area contributed by atoms with E-state index in [-0.39, 0.29) is 11.9 Å². The van der Waals surface area contributed by atoms with Crippen molar-refractivity contribution < 1.29 is 14.3 Å². The molecule has 0 unspecified atom stereocenters. The fraction of sp³-hybridized carbons (Fsp3) is 0.368. The second-order valence-electron chi connectivity index (χ2n) is 6.28. The second kappa shape index (κ2) is 8.59. The molecule has 0 atom stereocenters. The zero-order valence-electron chi connectivity index (χ0n) is 15.5. The largest absolute Gasteiger partial charge is 0.462 e. The number of hydrogen-bond acceptors (Lipinski definition) is 7. The summed E-state index contributed by atoms with van der Waals surface area (Å²) in [5.41, 5.74) is 1.55. The van der Waals surface area contributed by atoms with Crippen LogP contribution in [0.3, 0.4) is 0 Å². The van der Waals surface area contributed by atoms with Crippen molar-refractivity contribution in [2.24, 2.45) is 0 Å². The third-order valence-electron chi connectivity index (χ3n) is 4.32. The van der Waals surface area contributed by atoms with E-state index in [0.29, 0.717) is 42.6 Å². The number of aromatic nitrogens is 2. The Morgan fingerprint density at radius 3 is 2.48 bits per heavy atom. The molecule has 1 aliphatic rings. The molecule has 1 aliphatic heterocycles. The molecule has 0 bridgehead atoms. The quantitative estimate of drug-likeness (QED) is 0.804. The molecule has 0 saturated carbocycles. The molecule has 8 heteroatoms. The molecule has 1 aromatic carbocycles. The van der Waals surface area contributed by atoms with E-state index < -0.39 is 0 Å². The van der Waals surface area contributed by atoms with Crippen molar-refractivity contribution in [2.45, 2.75) is 6.92 Å². The van der Waals surface area contributed by atoms with Crippen molar-refractivity contribution in [1.29, 1.82) is 0 Å². The third-order valence-corrected chi connectivity index (χ3v) is 4.32. The number of nitrogens with one attached hydrogen (secondary N) is 1. The molecule has 1 N–H and O–H groups in total. The van der Waals surface area contributed by atoms with E-state index >= 15 is 0 Å². The summed E-state index contributed by atoms with van der Waals surface area (Å²) in [5, 5.41) is 3.05. The lowest BCUT2D eigenvalue weighted by Crippen LogP contribution is -2.47. The molecule has 1 aromatic heterocycles. The monoisotopic (exact) mass is 369 g/mol. The van der Waals surface area contributed by atoms with E-state index in [9.17, 15) is 9.59 Å². The van der Waals surface area contributed by atoms with Crippen molar-refractivity contribution >= 4 is 23.5 Å². The number of benzene rings is 1. The topological polar surface area (TPSA) is 87.7 Å². The van der Waals surface area contributed by atoms with Gasteiger partial charge < -0.3 is 19.9 Å². The van der Waals surface area contributed by atoms with Gasteiger partial charge in [-0.25, -0.2) is 14.8 Å². The highest BCUT2D eigenvalue weighted by Crippen LogP contribution is 2.15. The molecule has 2 aromatic rings. The Kier molecular flexibility index (Phi) is 5.97. The van der Waals surface area contributed by atoms with Crippen molar-refractivity contribution in [1.82, 2.24) is 19.8 Å². The molecule has 1 fully saturated rings. The number of esters is 1. The number of ether oxygens (including phenoxy) is 1.